The summed E-state index contributed by atoms with van der Waals surface area (Å²) in [5, 5.41) is 11.5. The number of hydrogen-bond donors (Lipinski definition) is 1. The van der Waals surface area contributed by atoms with E-state index in [1.54, 1.807) is 43.4 Å². The van der Waals surface area contributed by atoms with E-state index in [9.17, 15) is 9.59 Å². The van der Waals surface area contributed by atoms with E-state index in [2.05, 4.69) is 10.3 Å². The van der Waals surface area contributed by atoms with Crippen molar-refractivity contribution in [2.45, 2.75) is 0 Å². The highest BCUT2D eigenvalue weighted by Crippen LogP contribution is 2.15. The molecule has 0 unspecified atom stereocenters. The maximum Gasteiger partial charge on any atom is 0.276 e. The molecule has 0 aliphatic carbocycles. The lowest BCUT2D eigenvalue weighted by Gasteiger charge is -2.17. The maximum atomic E-state index is 12.6. The van der Waals surface area contributed by atoms with E-state index in [0.29, 0.717) is 11.3 Å². The van der Waals surface area contributed by atoms with Crippen molar-refractivity contribution in [2.24, 2.45) is 0 Å². The normalized spacial score (nSPS) is 9.93. The molecule has 2 aromatic carbocycles. The summed E-state index contributed by atoms with van der Waals surface area (Å²) in [6.45, 7) is 0. The number of benzene rings is 2. The number of anilines is 2. The van der Waals surface area contributed by atoms with Gasteiger partial charge in [-0.15, -0.1) is 0 Å². The van der Waals surface area contributed by atoms with E-state index in [1.807, 2.05) is 36.4 Å². The SMILES string of the molecule is CN(C(=O)c1cccc(C(=O)Nc2ccc(C#N)cc2)n1)c1ccccc1. The molecule has 1 aromatic heterocycles. The first-order valence-corrected chi connectivity index (χ1v) is 8.20. The summed E-state index contributed by atoms with van der Waals surface area (Å²) in [7, 11) is 1.66. The molecule has 132 valence electrons. The highest BCUT2D eigenvalue weighted by molar-refractivity contribution is 6.07. The lowest BCUT2D eigenvalue weighted by atomic mass is 10.2. The minimum atomic E-state index is -0.434. The second-order valence-electron chi connectivity index (χ2n) is 5.75. The third kappa shape index (κ3) is 4.17. The van der Waals surface area contributed by atoms with Gasteiger partial charge in [-0.25, -0.2) is 4.98 Å². The van der Waals surface area contributed by atoms with Crippen LogP contribution in [-0.4, -0.2) is 23.8 Å². The molecule has 6 heteroatoms. The average Bonchev–Trinajstić information content (AvgIpc) is 2.74. The van der Waals surface area contributed by atoms with Crippen LogP contribution in [0, 0.1) is 11.3 Å². The number of hydrogen-bond acceptors (Lipinski definition) is 4. The minimum Gasteiger partial charge on any atom is -0.321 e. The predicted molar refractivity (Wildman–Crippen MR) is 103 cm³/mol. The second-order valence-corrected chi connectivity index (χ2v) is 5.75. The van der Waals surface area contributed by atoms with E-state index in [0.717, 1.165) is 5.69 Å². The van der Waals surface area contributed by atoms with E-state index in [-0.39, 0.29) is 17.3 Å². The highest BCUT2D eigenvalue weighted by atomic mass is 16.2. The summed E-state index contributed by atoms with van der Waals surface area (Å²) in [5.41, 5.74) is 2.08. The van der Waals surface area contributed by atoms with Crippen LogP contribution in [0.1, 0.15) is 26.5 Å². The number of nitriles is 1. The van der Waals surface area contributed by atoms with Gasteiger partial charge in [0.05, 0.1) is 11.6 Å². The third-order valence-electron chi connectivity index (χ3n) is 3.92. The Balaban J connectivity index is 1.77. The molecule has 0 atom stereocenters. The van der Waals surface area contributed by atoms with Gasteiger partial charge in [0.15, 0.2) is 0 Å². The number of carbonyl (C=O) groups is 2. The molecule has 0 aliphatic heterocycles. The van der Waals surface area contributed by atoms with Crippen LogP contribution >= 0.6 is 0 Å². The Morgan fingerprint density at radius 2 is 1.59 bits per heavy atom. The standard InChI is InChI=1S/C21H16N4O2/c1-25(17-6-3-2-4-7-17)21(27)19-9-5-8-18(24-19)20(26)23-16-12-10-15(14-22)11-13-16/h2-13H,1H3,(H,23,26). The van der Waals surface area contributed by atoms with Gasteiger partial charge in [0.1, 0.15) is 11.4 Å². The molecule has 27 heavy (non-hydrogen) atoms. The molecule has 3 aromatic rings. The number of nitrogens with one attached hydrogen (secondary N) is 1. The summed E-state index contributed by atoms with van der Waals surface area (Å²) >= 11 is 0. The first-order chi connectivity index (χ1) is 13.1. The van der Waals surface area contributed by atoms with Crippen LogP contribution in [0.3, 0.4) is 0 Å². The van der Waals surface area contributed by atoms with E-state index < -0.39 is 5.91 Å². The topological polar surface area (TPSA) is 86.1 Å². The van der Waals surface area contributed by atoms with Gasteiger partial charge in [-0.2, -0.15) is 5.26 Å². The van der Waals surface area contributed by atoms with Gasteiger partial charge in [-0.05, 0) is 48.5 Å². The molecule has 3 rings (SSSR count). The summed E-state index contributed by atoms with van der Waals surface area (Å²) in [4.78, 5) is 30.7. The van der Waals surface area contributed by atoms with Crippen LogP contribution < -0.4 is 10.2 Å². The van der Waals surface area contributed by atoms with Gasteiger partial charge in [-0.1, -0.05) is 24.3 Å². The first-order valence-electron chi connectivity index (χ1n) is 8.20. The van der Waals surface area contributed by atoms with Crippen molar-refractivity contribution >= 4 is 23.2 Å². The van der Waals surface area contributed by atoms with Gasteiger partial charge >= 0.3 is 0 Å². The molecule has 0 fully saturated rings. The second kappa shape index (κ2) is 7.93. The Kier molecular flexibility index (Phi) is 5.24. The zero-order valence-corrected chi connectivity index (χ0v) is 14.6. The van der Waals surface area contributed by atoms with Gasteiger partial charge in [0.25, 0.3) is 11.8 Å². The van der Waals surface area contributed by atoms with Crippen molar-refractivity contribution in [3.8, 4) is 6.07 Å². The molecule has 0 spiro atoms. The average molecular weight is 356 g/mol. The van der Waals surface area contributed by atoms with Gasteiger partial charge in [0, 0.05) is 18.4 Å². The Bertz CT molecular complexity index is 1010. The number of aromatic nitrogens is 1. The van der Waals surface area contributed by atoms with Crippen molar-refractivity contribution in [3.05, 3.63) is 89.7 Å². The molecule has 6 nitrogen and oxygen atoms in total. The molecule has 0 aliphatic rings. The summed E-state index contributed by atoms with van der Waals surface area (Å²) < 4.78 is 0. The molecule has 2 amide bonds. The van der Waals surface area contributed by atoms with Crippen molar-refractivity contribution in [1.29, 1.82) is 5.26 Å². The van der Waals surface area contributed by atoms with Crippen LogP contribution in [0.4, 0.5) is 11.4 Å². The zero-order valence-electron chi connectivity index (χ0n) is 14.6. The van der Waals surface area contributed by atoms with Crippen molar-refractivity contribution in [2.75, 3.05) is 17.3 Å². The van der Waals surface area contributed by atoms with Crippen molar-refractivity contribution in [1.82, 2.24) is 4.98 Å². The number of nitrogens with zero attached hydrogens (tertiary/aromatic N) is 3. The Morgan fingerprint density at radius 3 is 2.26 bits per heavy atom. The molecule has 0 saturated heterocycles. The van der Waals surface area contributed by atoms with Gasteiger partial charge in [-0.3, -0.25) is 9.59 Å². The van der Waals surface area contributed by atoms with Crippen molar-refractivity contribution in [3.63, 3.8) is 0 Å². The number of rotatable bonds is 4. The fraction of sp³-hybridized carbons (Fsp3) is 0.0476. The van der Waals surface area contributed by atoms with Crippen LogP contribution in [0.2, 0.25) is 0 Å². The molecule has 0 saturated carbocycles. The van der Waals surface area contributed by atoms with Crippen LogP contribution in [-0.2, 0) is 0 Å². The zero-order chi connectivity index (χ0) is 19.2. The molecule has 1 N–H and O–H groups in total. The number of pyridine rings is 1. The monoisotopic (exact) mass is 356 g/mol. The van der Waals surface area contributed by atoms with Crippen LogP contribution in [0.15, 0.2) is 72.8 Å². The minimum absolute atomic E-state index is 0.131. The van der Waals surface area contributed by atoms with Crippen molar-refractivity contribution < 1.29 is 9.59 Å². The van der Waals surface area contributed by atoms with E-state index in [1.165, 1.54) is 11.0 Å². The quantitative estimate of drug-likeness (QED) is 0.775. The lowest BCUT2D eigenvalue weighted by Crippen LogP contribution is -2.27. The van der Waals surface area contributed by atoms with Gasteiger partial charge < -0.3 is 10.2 Å². The molecular weight excluding hydrogens is 340 g/mol. The fourth-order valence-corrected chi connectivity index (χ4v) is 2.44. The summed E-state index contributed by atoms with van der Waals surface area (Å²) in [6.07, 6.45) is 0. The molecule has 0 bridgehead atoms. The summed E-state index contributed by atoms with van der Waals surface area (Å²) in [5.74, 6) is -0.744. The number of amides is 2. The fourth-order valence-electron chi connectivity index (χ4n) is 2.44. The van der Waals surface area contributed by atoms with E-state index >= 15 is 0 Å². The number of carbonyl (C=O) groups excluding carboxylic acids is 2. The predicted octanol–water partition coefficient (Wildman–Crippen LogP) is 3.48. The van der Waals surface area contributed by atoms with Crippen LogP contribution in [0.25, 0.3) is 0 Å². The maximum absolute atomic E-state index is 12.6. The summed E-state index contributed by atoms with van der Waals surface area (Å²) in [6, 6.07) is 22.4. The molecule has 1 heterocycles. The molecule has 0 radical (unpaired) electrons. The Hall–Kier alpha value is -3.98. The van der Waals surface area contributed by atoms with Gasteiger partial charge in [0.2, 0.25) is 0 Å². The Labute approximate surface area is 156 Å². The highest BCUT2D eigenvalue weighted by Gasteiger charge is 2.17. The van der Waals surface area contributed by atoms with Crippen LogP contribution in [0.5, 0.6) is 0 Å². The third-order valence-corrected chi connectivity index (χ3v) is 3.92. The lowest BCUT2D eigenvalue weighted by molar-refractivity contribution is 0.0988. The smallest absolute Gasteiger partial charge is 0.276 e. The van der Waals surface area contributed by atoms with E-state index in [4.69, 9.17) is 5.26 Å². The largest absolute Gasteiger partial charge is 0.321 e. The Morgan fingerprint density at radius 1 is 0.926 bits per heavy atom. The molecular formula is C21H16N4O2. The number of para-hydroxylation sites is 1. The first kappa shape index (κ1) is 17.8.